The van der Waals surface area contributed by atoms with E-state index in [-0.39, 0.29) is 42.7 Å². The summed E-state index contributed by atoms with van der Waals surface area (Å²) in [4.78, 5) is 27.7. The predicted molar refractivity (Wildman–Crippen MR) is 103 cm³/mol. The van der Waals surface area contributed by atoms with Gasteiger partial charge < -0.3 is 25.5 Å². The topological polar surface area (TPSA) is 84.9 Å². The van der Waals surface area contributed by atoms with Crippen LogP contribution in [0.3, 0.4) is 0 Å². The van der Waals surface area contributed by atoms with Gasteiger partial charge in [0.1, 0.15) is 6.54 Å². The molecule has 1 aromatic carbocycles. The first kappa shape index (κ1) is 19.6. The molecule has 0 radical (unpaired) electrons. The fourth-order valence-corrected chi connectivity index (χ4v) is 4.35. The Morgan fingerprint density at radius 1 is 1.26 bits per heavy atom. The molecular formula is C20H30N4O3. The number of rotatable bonds is 6. The van der Waals surface area contributed by atoms with Crippen molar-refractivity contribution >= 4 is 11.9 Å². The Morgan fingerprint density at radius 2 is 1.93 bits per heavy atom. The summed E-state index contributed by atoms with van der Waals surface area (Å²) in [6, 6.07) is 10.3. The summed E-state index contributed by atoms with van der Waals surface area (Å²) in [5.74, 6) is -0.152. The number of aliphatic hydroxyl groups is 1. The van der Waals surface area contributed by atoms with Crippen LogP contribution >= 0.6 is 0 Å². The van der Waals surface area contributed by atoms with E-state index in [4.69, 9.17) is 5.11 Å². The molecule has 0 atom stereocenters. The number of hydrogen-bond donors (Lipinski definition) is 3. The number of likely N-dealkylation sites (N-methyl/N-ethyl adjacent to an activating group) is 1. The highest BCUT2D eigenvalue weighted by atomic mass is 16.3. The molecule has 2 fully saturated rings. The fraction of sp³-hybridized carbons (Fsp3) is 0.600. The Labute approximate surface area is 160 Å². The van der Waals surface area contributed by atoms with E-state index >= 15 is 0 Å². The van der Waals surface area contributed by atoms with Crippen LogP contribution in [0, 0.1) is 0 Å². The van der Waals surface area contributed by atoms with Gasteiger partial charge in [0.15, 0.2) is 0 Å². The van der Waals surface area contributed by atoms with Gasteiger partial charge in [-0.3, -0.25) is 4.79 Å². The van der Waals surface area contributed by atoms with Crippen molar-refractivity contribution in [3.63, 3.8) is 0 Å². The van der Waals surface area contributed by atoms with Crippen LogP contribution in [0.5, 0.6) is 0 Å². The van der Waals surface area contributed by atoms with E-state index < -0.39 is 0 Å². The average molecular weight is 374 g/mol. The number of benzene rings is 1. The number of carbonyl (C=O) groups is 2. The van der Waals surface area contributed by atoms with Crippen molar-refractivity contribution in [1.29, 1.82) is 0 Å². The first-order valence-corrected chi connectivity index (χ1v) is 9.60. The number of hydrogen-bond acceptors (Lipinski definition) is 4. The van der Waals surface area contributed by atoms with Crippen LogP contribution in [-0.4, -0.2) is 72.7 Å². The summed E-state index contributed by atoms with van der Waals surface area (Å²) in [6.07, 6.45) is 3.59. The predicted octanol–water partition coefficient (Wildman–Crippen LogP) is 0.890. The molecule has 0 unspecified atom stereocenters. The highest BCUT2D eigenvalue weighted by Crippen LogP contribution is 2.42. The molecule has 1 saturated heterocycles. The quantitative estimate of drug-likeness (QED) is 0.690. The van der Waals surface area contributed by atoms with E-state index in [0.717, 1.165) is 25.7 Å². The van der Waals surface area contributed by atoms with E-state index in [9.17, 15) is 9.59 Å². The average Bonchev–Trinajstić information content (AvgIpc) is 2.98. The first-order valence-electron chi connectivity index (χ1n) is 9.60. The van der Waals surface area contributed by atoms with Crippen LogP contribution < -0.4 is 10.6 Å². The third-order valence-electron chi connectivity index (χ3n) is 6.21. The molecule has 1 aliphatic heterocycles. The molecule has 1 aromatic rings. The Morgan fingerprint density at radius 3 is 2.52 bits per heavy atom. The van der Waals surface area contributed by atoms with Crippen molar-refractivity contribution in [3.8, 4) is 0 Å². The number of amides is 3. The van der Waals surface area contributed by atoms with Crippen LogP contribution in [-0.2, 0) is 10.3 Å². The number of aliphatic hydroxyl groups excluding tert-OH is 1. The minimum atomic E-state index is -0.262. The second kappa shape index (κ2) is 7.86. The van der Waals surface area contributed by atoms with Gasteiger partial charge in [0.2, 0.25) is 5.91 Å². The van der Waals surface area contributed by atoms with Gasteiger partial charge in [0, 0.05) is 25.7 Å². The maximum absolute atomic E-state index is 12.4. The van der Waals surface area contributed by atoms with Crippen LogP contribution in [0.25, 0.3) is 0 Å². The van der Waals surface area contributed by atoms with Crippen LogP contribution in [0.2, 0.25) is 0 Å². The van der Waals surface area contributed by atoms with Gasteiger partial charge in [-0.1, -0.05) is 30.3 Å². The second-order valence-electron chi connectivity index (χ2n) is 7.80. The zero-order chi connectivity index (χ0) is 19.5. The molecule has 27 heavy (non-hydrogen) atoms. The maximum Gasteiger partial charge on any atom is 0.318 e. The van der Waals surface area contributed by atoms with Crippen LogP contribution in [0.4, 0.5) is 4.79 Å². The summed E-state index contributed by atoms with van der Waals surface area (Å²) >= 11 is 0. The molecule has 0 bridgehead atoms. The van der Waals surface area contributed by atoms with Gasteiger partial charge >= 0.3 is 6.03 Å². The van der Waals surface area contributed by atoms with Crippen molar-refractivity contribution in [2.45, 2.75) is 36.8 Å². The number of carbonyl (C=O) groups excluding carboxylic acids is 2. The molecule has 3 amide bonds. The molecule has 1 spiro atoms. The highest BCUT2D eigenvalue weighted by molar-refractivity contribution is 5.85. The van der Waals surface area contributed by atoms with Gasteiger partial charge in [-0.05, 0) is 38.3 Å². The number of nitrogens with one attached hydrogen (secondary N) is 2. The zero-order valence-corrected chi connectivity index (χ0v) is 16.2. The van der Waals surface area contributed by atoms with Crippen molar-refractivity contribution < 1.29 is 14.7 Å². The van der Waals surface area contributed by atoms with Crippen LogP contribution in [0.1, 0.15) is 31.2 Å². The Kier molecular flexibility index (Phi) is 5.72. The second-order valence-corrected chi connectivity index (χ2v) is 7.80. The van der Waals surface area contributed by atoms with Crippen molar-refractivity contribution in [1.82, 2.24) is 20.4 Å². The lowest BCUT2D eigenvalue weighted by Crippen LogP contribution is -2.53. The summed E-state index contributed by atoms with van der Waals surface area (Å²) in [6.45, 7) is 0.810. The Balaban J connectivity index is 1.64. The summed E-state index contributed by atoms with van der Waals surface area (Å²) in [7, 11) is 3.64. The van der Waals surface area contributed by atoms with Crippen LogP contribution in [0.15, 0.2) is 30.3 Å². The van der Waals surface area contributed by atoms with Crippen molar-refractivity contribution in [2.24, 2.45) is 0 Å². The van der Waals surface area contributed by atoms with E-state index in [0.29, 0.717) is 6.54 Å². The molecule has 0 aromatic heterocycles. The van der Waals surface area contributed by atoms with Crippen molar-refractivity contribution in [3.05, 3.63) is 35.9 Å². The van der Waals surface area contributed by atoms with E-state index in [1.165, 1.54) is 10.5 Å². The zero-order valence-electron chi connectivity index (χ0n) is 16.2. The van der Waals surface area contributed by atoms with Gasteiger partial charge in [-0.15, -0.1) is 0 Å². The maximum atomic E-state index is 12.4. The Hall–Kier alpha value is -2.12. The molecular weight excluding hydrogens is 344 g/mol. The normalized spacial score (nSPS) is 27.7. The largest absolute Gasteiger partial charge is 0.395 e. The molecule has 7 nitrogen and oxygen atoms in total. The third kappa shape index (κ3) is 3.94. The molecule has 3 N–H and O–H groups in total. The van der Waals surface area contributed by atoms with Gasteiger partial charge in [0.25, 0.3) is 0 Å². The van der Waals surface area contributed by atoms with Crippen molar-refractivity contribution in [2.75, 3.05) is 40.3 Å². The minimum absolute atomic E-state index is 0.0555. The molecule has 3 rings (SSSR count). The SMILES string of the molecule is CNC1(c2ccccc2)CCC2(CC1)CN(CC(=O)N(C)CCO)C(=O)N2. The lowest BCUT2D eigenvalue weighted by Gasteiger charge is -2.45. The summed E-state index contributed by atoms with van der Waals surface area (Å²) in [5, 5.41) is 15.6. The van der Waals surface area contributed by atoms with E-state index in [1.54, 1.807) is 11.9 Å². The molecule has 1 heterocycles. The molecule has 7 heteroatoms. The minimum Gasteiger partial charge on any atom is -0.395 e. The Bertz CT molecular complexity index is 671. The number of nitrogens with zero attached hydrogens (tertiary/aromatic N) is 2. The summed E-state index contributed by atoms with van der Waals surface area (Å²) in [5.41, 5.74) is 0.952. The van der Waals surface area contributed by atoms with Gasteiger partial charge in [-0.2, -0.15) is 0 Å². The lowest BCUT2D eigenvalue weighted by atomic mass is 9.69. The monoisotopic (exact) mass is 374 g/mol. The highest BCUT2D eigenvalue weighted by Gasteiger charge is 2.49. The third-order valence-corrected chi connectivity index (χ3v) is 6.21. The standard InChI is InChI=1S/C20H30N4O3/c1-21-20(16-6-4-3-5-7-16)10-8-19(9-11-20)15-24(18(27)22-19)14-17(26)23(2)12-13-25/h3-7,21,25H,8-15H2,1-2H3,(H,22,27). The molecule has 148 valence electrons. The number of urea groups is 1. The first-order chi connectivity index (χ1) is 12.9. The van der Waals surface area contributed by atoms with E-state index in [2.05, 4.69) is 34.9 Å². The molecule has 2 aliphatic rings. The van der Waals surface area contributed by atoms with Gasteiger partial charge in [0.05, 0.1) is 12.1 Å². The smallest absolute Gasteiger partial charge is 0.318 e. The van der Waals surface area contributed by atoms with E-state index in [1.807, 2.05) is 13.1 Å². The molecule has 1 saturated carbocycles. The summed E-state index contributed by atoms with van der Waals surface area (Å²) < 4.78 is 0. The molecule has 1 aliphatic carbocycles. The fourth-order valence-electron chi connectivity index (χ4n) is 4.35. The lowest BCUT2D eigenvalue weighted by molar-refractivity contribution is -0.130. The van der Waals surface area contributed by atoms with Gasteiger partial charge in [-0.25, -0.2) is 4.79 Å².